The molecule has 7 heteroatoms. The molecule has 2 aromatic rings. The van der Waals surface area contributed by atoms with E-state index < -0.39 is 52.3 Å². The molecule has 0 amide bonds. The Morgan fingerprint density at radius 2 is 1.33 bits per heavy atom. The SMILES string of the molecule is CCCCC[C@H]1CC[C@H](C2CCC(c3c(F)c(F)[c]c(F)c3Oc3cc(F)c(F)c(F)c3)CC2)CC1. The highest BCUT2D eigenvalue weighted by atomic mass is 19.2. The van der Waals surface area contributed by atoms with E-state index in [1.54, 1.807) is 6.07 Å². The van der Waals surface area contributed by atoms with Crippen molar-refractivity contribution < 1.29 is 31.1 Å². The molecule has 36 heavy (non-hydrogen) atoms. The zero-order valence-corrected chi connectivity index (χ0v) is 20.6. The first-order valence-corrected chi connectivity index (χ1v) is 13.2. The average molecular weight is 512 g/mol. The summed E-state index contributed by atoms with van der Waals surface area (Å²) in [6.07, 6.45) is 12.7. The predicted molar refractivity (Wildman–Crippen MR) is 126 cm³/mol. The Bertz CT molecular complexity index is 1020. The van der Waals surface area contributed by atoms with Gasteiger partial charge in [-0.15, -0.1) is 0 Å². The highest BCUT2D eigenvalue weighted by Gasteiger charge is 2.35. The summed E-state index contributed by atoms with van der Waals surface area (Å²) in [5.74, 6) is -8.57. The Morgan fingerprint density at radius 3 is 1.92 bits per heavy atom. The van der Waals surface area contributed by atoms with E-state index in [4.69, 9.17) is 4.74 Å². The van der Waals surface area contributed by atoms with E-state index in [1.165, 1.54) is 51.4 Å². The lowest BCUT2D eigenvalue weighted by Crippen LogP contribution is -2.26. The van der Waals surface area contributed by atoms with Crippen molar-refractivity contribution in [1.29, 1.82) is 0 Å². The molecule has 0 heterocycles. The van der Waals surface area contributed by atoms with Gasteiger partial charge in [-0.1, -0.05) is 45.4 Å². The van der Waals surface area contributed by atoms with Gasteiger partial charge in [0.2, 0.25) is 0 Å². The van der Waals surface area contributed by atoms with Crippen molar-refractivity contribution in [3.63, 3.8) is 0 Å². The topological polar surface area (TPSA) is 9.23 Å². The van der Waals surface area contributed by atoms with E-state index in [0.29, 0.717) is 36.8 Å². The van der Waals surface area contributed by atoms with Gasteiger partial charge in [-0.3, -0.25) is 0 Å². The second-order valence-corrected chi connectivity index (χ2v) is 10.5. The fraction of sp³-hybridized carbons (Fsp3) is 0.586. The molecule has 0 atom stereocenters. The number of ether oxygens (including phenoxy) is 1. The van der Waals surface area contributed by atoms with Crippen LogP contribution in [0.5, 0.6) is 11.5 Å². The monoisotopic (exact) mass is 511 g/mol. The molecule has 0 aliphatic heterocycles. The van der Waals surface area contributed by atoms with Gasteiger partial charge in [0.05, 0.1) is 6.07 Å². The van der Waals surface area contributed by atoms with Crippen molar-refractivity contribution in [1.82, 2.24) is 0 Å². The molecule has 197 valence electrons. The average Bonchev–Trinajstić information content (AvgIpc) is 2.87. The molecule has 2 aliphatic carbocycles. The number of benzene rings is 2. The third-order valence-corrected chi connectivity index (χ3v) is 8.22. The molecule has 0 unspecified atom stereocenters. The van der Waals surface area contributed by atoms with Crippen LogP contribution in [0, 0.1) is 58.7 Å². The fourth-order valence-electron chi connectivity index (χ4n) is 6.23. The smallest absolute Gasteiger partial charge is 0.194 e. The molecule has 0 bridgehead atoms. The third kappa shape index (κ3) is 6.03. The minimum atomic E-state index is -1.70. The largest absolute Gasteiger partial charge is 0.454 e. The van der Waals surface area contributed by atoms with Crippen LogP contribution < -0.4 is 4.74 Å². The van der Waals surface area contributed by atoms with Crippen LogP contribution in [0.3, 0.4) is 0 Å². The van der Waals surface area contributed by atoms with Gasteiger partial charge in [-0.05, 0) is 62.2 Å². The Balaban J connectivity index is 1.44. The third-order valence-electron chi connectivity index (χ3n) is 8.22. The standard InChI is InChI=1S/C29H33F6O/c1-2-3-4-5-17-6-8-18(9-7-17)19-10-12-20(13-11-19)26-28(35)24(32)16-25(33)29(26)36-21-14-22(30)27(34)23(31)15-21/h14-15,17-20H,2-13H2,1H3/t17-,18-,19?,20?. The maximum absolute atomic E-state index is 14.9. The van der Waals surface area contributed by atoms with E-state index in [-0.39, 0.29) is 5.56 Å². The molecule has 2 aliphatic rings. The zero-order valence-electron chi connectivity index (χ0n) is 20.6. The molecule has 1 radical (unpaired) electrons. The summed E-state index contributed by atoms with van der Waals surface area (Å²) in [6.45, 7) is 2.22. The van der Waals surface area contributed by atoms with Crippen LogP contribution in [0.1, 0.15) is 95.5 Å². The lowest BCUT2D eigenvalue weighted by atomic mass is 9.68. The molecule has 1 nitrogen and oxygen atoms in total. The number of hydrogen-bond acceptors (Lipinski definition) is 1. The fourth-order valence-corrected chi connectivity index (χ4v) is 6.23. The van der Waals surface area contributed by atoms with Crippen LogP contribution >= 0.6 is 0 Å². The molecule has 4 rings (SSSR count). The van der Waals surface area contributed by atoms with Gasteiger partial charge in [0.25, 0.3) is 0 Å². The van der Waals surface area contributed by atoms with Crippen molar-refractivity contribution in [3.8, 4) is 11.5 Å². The maximum atomic E-state index is 14.9. The summed E-state index contributed by atoms with van der Waals surface area (Å²) >= 11 is 0. The second kappa shape index (κ2) is 11.9. The normalized spacial score (nSPS) is 24.6. The lowest BCUT2D eigenvalue weighted by Gasteiger charge is -2.38. The van der Waals surface area contributed by atoms with E-state index in [9.17, 15) is 26.3 Å². The van der Waals surface area contributed by atoms with Gasteiger partial charge in [0, 0.05) is 17.7 Å². The second-order valence-electron chi connectivity index (χ2n) is 10.5. The van der Waals surface area contributed by atoms with E-state index in [1.807, 2.05) is 0 Å². The maximum Gasteiger partial charge on any atom is 0.194 e. The van der Waals surface area contributed by atoms with Crippen molar-refractivity contribution >= 4 is 0 Å². The quantitative estimate of drug-likeness (QED) is 0.148. The van der Waals surface area contributed by atoms with Crippen LogP contribution in [0.4, 0.5) is 26.3 Å². The van der Waals surface area contributed by atoms with Gasteiger partial charge >= 0.3 is 0 Å². The molecule has 0 aromatic heterocycles. The number of halogens is 6. The molecule has 0 saturated heterocycles. The molecule has 0 N–H and O–H groups in total. The summed E-state index contributed by atoms with van der Waals surface area (Å²) in [4.78, 5) is 0. The van der Waals surface area contributed by atoms with E-state index >= 15 is 0 Å². The van der Waals surface area contributed by atoms with Gasteiger partial charge < -0.3 is 4.74 Å². The van der Waals surface area contributed by atoms with Gasteiger partial charge in [0.15, 0.2) is 40.7 Å². The van der Waals surface area contributed by atoms with Gasteiger partial charge in [0.1, 0.15) is 5.75 Å². The van der Waals surface area contributed by atoms with Crippen molar-refractivity contribution in [2.75, 3.05) is 0 Å². The predicted octanol–water partition coefficient (Wildman–Crippen LogP) is 9.77. The number of rotatable bonds is 8. The molecule has 2 fully saturated rings. The molecular formula is C29H33F6O. The van der Waals surface area contributed by atoms with Gasteiger partial charge in [-0.2, -0.15) is 0 Å². The lowest BCUT2D eigenvalue weighted by molar-refractivity contribution is 0.154. The first kappa shape index (κ1) is 26.9. The molecule has 0 spiro atoms. The minimum Gasteiger partial charge on any atom is -0.454 e. The van der Waals surface area contributed by atoms with Crippen molar-refractivity contribution in [3.05, 3.63) is 58.7 Å². The highest BCUT2D eigenvalue weighted by Crippen LogP contribution is 2.48. The Kier molecular flexibility index (Phi) is 8.89. The first-order valence-electron chi connectivity index (χ1n) is 13.2. The zero-order chi connectivity index (χ0) is 25.8. The Morgan fingerprint density at radius 1 is 0.750 bits per heavy atom. The Hall–Kier alpha value is -2.18. The number of hydrogen-bond donors (Lipinski definition) is 0. The minimum absolute atomic E-state index is 0.285. The summed E-state index contributed by atoms with van der Waals surface area (Å²) in [5, 5.41) is 0. The van der Waals surface area contributed by atoms with Crippen LogP contribution in [-0.2, 0) is 0 Å². The molecule has 2 aromatic carbocycles. The van der Waals surface area contributed by atoms with Crippen LogP contribution in [0.25, 0.3) is 0 Å². The van der Waals surface area contributed by atoms with E-state index in [2.05, 4.69) is 6.92 Å². The molecular weight excluding hydrogens is 478 g/mol. The van der Waals surface area contributed by atoms with Crippen molar-refractivity contribution in [2.24, 2.45) is 17.8 Å². The van der Waals surface area contributed by atoms with Crippen LogP contribution in [-0.4, -0.2) is 0 Å². The summed E-state index contributed by atoms with van der Waals surface area (Å²) in [5.41, 5.74) is -0.285. The summed E-state index contributed by atoms with van der Waals surface area (Å²) in [7, 11) is 0. The van der Waals surface area contributed by atoms with Crippen LogP contribution in [0.15, 0.2) is 12.1 Å². The van der Waals surface area contributed by atoms with Crippen LogP contribution in [0.2, 0.25) is 0 Å². The number of unbranched alkanes of at least 4 members (excludes halogenated alkanes) is 2. The summed E-state index contributed by atoms with van der Waals surface area (Å²) < 4.78 is 89.6. The first-order chi connectivity index (χ1) is 17.3. The van der Waals surface area contributed by atoms with Crippen molar-refractivity contribution in [2.45, 2.75) is 89.9 Å². The highest BCUT2D eigenvalue weighted by molar-refractivity contribution is 5.43. The van der Waals surface area contributed by atoms with Gasteiger partial charge in [-0.25, -0.2) is 26.3 Å². The molecule has 2 saturated carbocycles. The van der Waals surface area contributed by atoms with E-state index in [0.717, 1.165) is 18.8 Å². The Labute approximate surface area is 209 Å². The summed E-state index contributed by atoms with van der Waals surface area (Å²) in [6, 6.07) is 2.72.